The van der Waals surface area contributed by atoms with Crippen molar-refractivity contribution >= 4 is 72.9 Å². The zero-order valence-corrected chi connectivity index (χ0v) is 22.6. The van der Waals surface area contributed by atoms with E-state index >= 15 is 0 Å². The Morgan fingerprint density at radius 3 is 2.21 bits per heavy atom. The molecule has 0 saturated carbocycles. The lowest BCUT2D eigenvalue weighted by Gasteiger charge is -2.03. The third-order valence-electron chi connectivity index (χ3n) is 6.19. The topological polar surface area (TPSA) is 141 Å². The molecule has 0 aliphatic carbocycles. The lowest BCUT2D eigenvalue weighted by Crippen LogP contribution is -2.22. The molecule has 2 aromatic heterocycles. The van der Waals surface area contributed by atoms with E-state index in [-0.39, 0.29) is 0 Å². The number of rotatable bonds is 8. The number of aromatic nitrogens is 2. The summed E-state index contributed by atoms with van der Waals surface area (Å²) in [7, 11) is -2.04. The molecule has 3 amide bonds. The largest absolute Gasteiger partial charge is 0.468 e. The lowest BCUT2D eigenvalue weighted by molar-refractivity contribution is -0.122. The molecule has 3 heterocycles. The maximum absolute atomic E-state index is 13.1. The van der Waals surface area contributed by atoms with Crippen LogP contribution in [-0.4, -0.2) is 47.5 Å². The fraction of sp³-hybridized carbons (Fsp3) is 0.192. The number of benzene rings is 2. The van der Waals surface area contributed by atoms with Gasteiger partial charge in [0.05, 0.1) is 17.4 Å². The van der Waals surface area contributed by atoms with Gasteiger partial charge in [-0.25, -0.2) is 4.79 Å². The Balaban J connectivity index is 1.44. The Hall–Kier alpha value is -4.23. The molecule has 0 atom stereocenters. The Morgan fingerprint density at radius 1 is 0.949 bits per heavy atom. The first-order valence-electron chi connectivity index (χ1n) is 11.8. The van der Waals surface area contributed by atoms with Crippen molar-refractivity contribution < 1.29 is 27.0 Å². The van der Waals surface area contributed by atoms with Crippen molar-refractivity contribution in [3.63, 3.8) is 0 Å². The summed E-state index contributed by atoms with van der Waals surface area (Å²) in [5.41, 5.74) is 3.88. The van der Waals surface area contributed by atoms with Gasteiger partial charge in [-0.1, -0.05) is 41.5 Å². The van der Waals surface area contributed by atoms with Crippen molar-refractivity contribution in [2.45, 2.75) is 13.0 Å². The van der Waals surface area contributed by atoms with Gasteiger partial charge in [0.1, 0.15) is 0 Å². The minimum absolute atomic E-state index is 0.332. The second-order valence-corrected chi connectivity index (χ2v) is 11.3. The standard InChI is InChI=1S/C26H23N5O6S2/c1-30-14-18(16-8-3-5-10-20(16)30)22-23(25(33)27-24(22)32)19-15-31(21-11-6-4-9-17(19)21)12-7-13-38-29-28-26(34)37-39(2,35)36/h3-6,8-11,14-15H,7,12-13H2,1-2H3,(H,27,32,33). The second kappa shape index (κ2) is 10.5. The molecule has 0 unspecified atom stereocenters. The van der Waals surface area contributed by atoms with Gasteiger partial charge in [-0.05, 0) is 30.5 Å². The van der Waals surface area contributed by atoms with Gasteiger partial charge in [-0.3, -0.25) is 14.9 Å². The average molecular weight is 566 g/mol. The number of amides is 3. The molecule has 0 fully saturated rings. The van der Waals surface area contributed by atoms with Gasteiger partial charge >= 0.3 is 16.2 Å². The summed E-state index contributed by atoms with van der Waals surface area (Å²) in [6.07, 6.45) is 3.82. The second-order valence-electron chi connectivity index (χ2n) is 8.88. The first kappa shape index (κ1) is 26.4. The first-order valence-corrected chi connectivity index (χ1v) is 14.6. The van der Waals surface area contributed by atoms with Crippen molar-refractivity contribution in [2.24, 2.45) is 16.7 Å². The van der Waals surface area contributed by atoms with Gasteiger partial charge in [0.2, 0.25) is 0 Å². The van der Waals surface area contributed by atoms with Crippen LogP contribution >= 0.6 is 11.9 Å². The Labute approximate surface area is 227 Å². The van der Waals surface area contributed by atoms with E-state index in [2.05, 4.69) is 19.1 Å². The van der Waals surface area contributed by atoms with Crippen LogP contribution in [0.4, 0.5) is 4.79 Å². The van der Waals surface area contributed by atoms with Gasteiger partial charge in [-0.15, -0.1) is 4.52 Å². The quantitative estimate of drug-likeness (QED) is 0.110. The third kappa shape index (κ3) is 5.36. The highest BCUT2D eigenvalue weighted by atomic mass is 32.2. The van der Waals surface area contributed by atoms with Crippen LogP contribution in [0.15, 0.2) is 70.6 Å². The molecule has 1 aliphatic heterocycles. The van der Waals surface area contributed by atoms with Crippen LogP contribution in [0.25, 0.3) is 33.0 Å². The molecule has 2 aromatic carbocycles. The molecule has 0 bridgehead atoms. The molecular weight excluding hydrogens is 542 g/mol. The average Bonchev–Trinajstić information content (AvgIpc) is 3.50. The molecule has 39 heavy (non-hydrogen) atoms. The molecular formula is C26H23N5O6S2. The normalized spacial score (nSPS) is 14.2. The van der Waals surface area contributed by atoms with Gasteiger partial charge in [0, 0.05) is 64.7 Å². The Kier molecular flexibility index (Phi) is 7.10. The van der Waals surface area contributed by atoms with Crippen LogP contribution in [0, 0.1) is 0 Å². The SMILES string of the molecule is Cn1cc(C2=C(c3cn(CCCSN=NC(=O)OS(C)(=O)=O)c4ccccc34)C(=O)NC2=O)c2ccccc21. The molecule has 200 valence electrons. The molecule has 0 radical (unpaired) electrons. The highest BCUT2D eigenvalue weighted by molar-refractivity contribution is 7.97. The van der Waals surface area contributed by atoms with Gasteiger partial charge in [0.25, 0.3) is 11.8 Å². The van der Waals surface area contributed by atoms with E-state index in [1.165, 1.54) is 0 Å². The van der Waals surface area contributed by atoms with Gasteiger partial charge < -0.3 is 13.3 Å². The summed E-state index contributed by atoms with van der Waals surface area (Å²) >= 11 is 0.995. The zero-order valence-electron chi connectivity index (χ0n) is 20.9. The molecule has 13 heteroatoms. The van der Waals surface area contributed by atoms with Gasteiger partial charge in [0.15, 0.2) is 0 Å². The molecule has 0 saturated heterocycles. The predicted molar refractivity (Wildman–Crippen MR) is 148 cm³/mol. The van der Waals surface area contributed by atoms with Crippen LogP contribution in [0.3, 0.4) is 0 Å². The highest BCUT2D eigenvalue weighted by Gasteiger charge is 2.35. The lowest BCUT2D eigenvalue weighted by atomic mass is 9.95. The Bertz CT molecular complexity index is 1820. The fourth-order valence-electron chi connectivity index (χ4n) is 4.69. The number of aryl methyl sites for hydroxylation is 2. The van der Waals surface area contributed by atoms with E-state index in [4.69, 9.17) is 0 Å². The van der Waals surface area contributed by atoms with E-state index in [0.29, 0.717) is 41.0 Å². The summed E-state index contributed by atoms with van der Waals surface area (Å²) in [6, 6.07) is 15.4. The summed E-state index contributed by atoms with van der Waals surface area (Å²) < 4.78 is 33.5. The number of nitrogens with one attached hydrogen (secondary N) is 1. The van der Waals surface area contributed by atoms with Crippen LogP contribution < -0.4 is 5.32 Å². The first-order chi connectivity index (χ1) is 18.6. The molecule has 5 rings (SSSR count). The van der Waals surface area contributed by atoms with E-state index in [1.807, 2.05) is 77.1 Å². The minimum atomic E-state index is -3.94. The van der Waals surface area contributed by atoms with Crippen molar-refractivity contribution in [3.05, 3.63) is 72.1 Å². The van der Waals surface area contributed by atoms with Crippen LogP contribution in [-0.2, 0) is 37.5 Å². The maximum atomic E-state index is 13.1. The van der Waals surface area contributed by atoms with E-state index in [9.17, 15) is 22.8 Å². The van der Waals surface area contributed by atoms with Gasteiger partial charge in [-0.2, -0.15) is 8.42 Å². The maximum Gasteiger partial charge on any atom is 0.468 e. The van der Waals surface area contributed by atoms with Crippen LogP contribution in [0.1, 0.15) is 17.5 Å². The van der Waals surface area contributed by atoms with Crippen molar-refractivity contribution in [2.75, 3.05) is 12.0 Å². The van der Waals surface area contributed by atoms with Crippen molar-refractivity contribution in [3.8, 4) is 0 Å². The van der Waals surface area contributed by atoms with E-state index < -0.39 is 28.0 Å². The predicted octanol–water partition coefficient (Wildman–Crippen LogP) is 4.29. The summed E-state index contributed by atoms with van der Waals surface area (Å²) in [6.45, 7) is 0.559. The molecule has 1 aliphatic rings. The number of para-hydroxylation sites is 2. The Morgan fingerprint density at radius 2 is 1.54 bits per heavy atom. The van der Waals surface area contributed by atoms with Crippen molar-refractivity contribution in [1.29, 1.82) is 0 Å². The number of carbonyl (C=O) groups excluding carboxylic acids is 3. The van der Waals surface area contributed by atoms with Crippen LogP contribution in [0.5, 0.6) is 0 Å². The monoisotopic (exact) mass is 565 g/mol. The molecule has 1 N–H and O–H groups in total. The van der Waals surface area contributed by atoms with E-state index in [0.717, 1.165) is 40.0 Å². The highest BCUT2D eigenvalue weighted by Crippen LogP contribution is 2.38. The van der Waals surface area contributed by atoms with Crippen LogP contribution in [0.2, 0.25) is 0 Å². The summed E-state index contributed by atoms with van der Waals surface area (Å²) in [5.74, 6) is -0.387. The minimum Gasteiger partial charge on any atom is -0.350 e. The molecule has 11 nitrogen and oxygen atoms in total. The van der Waals surface area contributed by atoms with E-state index in [1.54, 1.807) is 0 Å². The smallest absolute Gasteiger partial charge is 0.350 e. The molecule has 4 aromatic rings. The summed E-state index contributed by atoms with van der Waals surface area (Å²) in [4.78, 5) is 37.5. The van der Waals surface area contributed by atoms with Crippen molar-refractivity contribution in [1.82, 2.24) is 14.5 Å². The number of fused-ring (bicyclic) bond motifs is 2. The number of nitrogens with zero attached hydrogens (tertiary/aromatic N) is 4. The number of carbonyl (C=O) groups is 3. The number of hydrogen-bond donors (Lipinski definition) is 1. The third-order valence-corrected chi connectivity index (χ3v) is 7.31. The fourth-order valence-corrected chi connectivity index (χ4v) is 5.45. The number of hydrogen-bond acceptors (Lipinski definition) is 8. The molecule has 0 spiro atoms. The zero-order chi connectivity index (χ0) is 27.7. The summed E-state index contributed by atoms with van der Waals surface area (Å²) in [5, 5.41) is 7.39. The number of imide groups is 1.